The van der Waals surface area contributed by atoms with Crippen molar-refractivity contribution in [1.82, 2.24) is 15.0 Å². The maximum atomic E-state index is 12.4. The van der Waals surface area contributed by atoms with E-state index in [-0.39, 0.29) is 34.3 Å². The maximum absolute atomic E-state index is 12.4. The van der Waals surface area contributed by atoms with Crippen LogP contribution in [-0.4, -0.2) is 26.4 Å². The van der Waals surface area contributed by atoms with Gasteiger partial charge in [-0.05, 0) is 30.3 Å². The Morgan fingerprint density at radius 1 is 1.07 bits per heavy atom. The van der Waals surface area contributed by atoms with Crippen molar-refractivity contribution < 1.29 is 23.0 Å². The molecule has 4 rings (SSSR count). The number of thiazole rings is 1. The van der Waals surface area contributed by atoms with Gasteiger partial charge in [-0.15, -0.1) is 24.5 Å². The Kier molecular flexibility index (Phi) is 4.53. The minimum absolute atomic E-state index is 0.0148. The maximum Gasteiger partial charge on any atom is 0.573 e. The van der Waals surface area contributed by atoms with Crippen LogP contribution in [-0.2, 0) is 0 Å². The van der Waals surface area contributed by atoms with Gasteiger partial charge >= 0.3 is 6.36 Å². The molecule has 0 aliphatic rings. The normalized spacial score (nSPS) is 11.2. The molecule has 0 radical (unpaired) electrons. The Morgan fingerprint density at radius 3 is 2.50 bits per heavy atom. The van der Waals surface area contributed by atoms with Crippen LogP contribution in [0.25, 0.3) is 32.2 Å². The first-order chi connectivity index (χ1) is 14.3. The van der Waals surface area contributed by atoms with E-state index < -0.39 is 6.36 Å². The van der Waals surface area contributed by atoms with E-state index >= 15 is 0 Å². The number of phenolic OH excluding ortho intramolecular Hbond substituents is 1. The molecular formula is C19H8F3N5O2S. The summed E-state index contributed by atoms with van der Waals surface area (Å²) < 4.78 is 41.6. The van der Waals surface area contributed by atoms with Gasteiger partial charge in [0.15, 0.2) is 11.4 Å². The number of benzene rings is 2. The lowest BCUT2D eigenvalue weighted by Crippen LogP contribution is -2.16. The molecule has 0 bridgehead atoms. The third-order valence-electron chi connectivity index (χ3n) is 4.01. The van der Waals surface area contributed by atoms with Gasteiger partial charge in [0.25, 0.3) is 0 Å². The number of alkyl halides is 3. The number of aromatic nitrogens is 3. The standard InChI is InChI=1S/C19H8F3N5O2S/c20-19(21,22)29-10-2-4-12-16(6-10)30-18(27-12)9-1-3-11(15(28)5-9)17-25-13(7-23)14(8-24)26-17/h1-6,28H,(H,25,26). The number of fused-ring (bicyclic) bond motifs is 1. The van der Waals surface area contributed by atoms with Crippen molar-refractivity contribution in [3.05, 3.63) is 47.8 Å². The molecule has 2 heterocycles. The SMILES string of the molecule is N#Cc1nc(-c2ccc(-c3nc4ccc(OC(F)(F)F)cc4s3)cc2O)[nH]c1C#N. The van der Waals surface area contributed by atoms with Gasteiger partial charge in [-0.1, -0.05) is 6.07 Å². The van der Waals surface area contributed by atoms with E-state index in [1.54, 1.807) is 12.1 Å². The van der Waals surface area contributed by atoms with Gasteiger partial charge in [0.2, 0.25) is 0 Å². The first kappa shape index (κ1) is 19.2. The average Bonchev–Trinajstić information content (AvgIpc) is 3.29. The van der Waals surface area contributed by atoms with Crippen LogP contribution in [0.15, 0.2) is 36.4 Å². The third-order valence-corrected chi connectivity index (χ3v) is 5.08. The molecule has 0 aliphatic heterocycles. The number of hydrogen-bond acceptors (Lipinski definition) is 7. The Hall–Kier alpha value is -4.09. The van der Waals surface area contributed by atoms with E-state index in [2.05, 4.69) is 19.7 Å². The number of H-pyrrole nitrogens is 1. The number of phenols is 1. The van der Waals surface area contributed by atoms with Crippen LogP contribution in [0.2, 0.25) is 0 Å². The molecule has 0 aliphatic carbocycles. The van der Waals surface area contributed by atoms with Gasteiger partial charge in [0, 0.05) is 5.56 Å². The lowest BCUT2D eigenvalue weighted by Gasteiger charge is -2.07. The van der Waals surface area contributed by atoms with Gasteiger partial charge in [-0.25, -0.2) is 9.97 Å². The highest BCUT2D eigenvalue weighted by Crippen LogP contribution is 2.37. The molecule has 11 heteroatoms. The smallest absolute Gasteiger partial charge is 0.507 e. The molecule has 0 unspecified atom stereocenters. The zero-order valence-corrected chi connectivity index (χ0v) is 15.5. The third kappa shape index (κ3) is 3.62. The van der Waals surface area contributed by atoms with Gasteiger partial charge in [0.1, 0.15) is 34.5 Å². The Labute approximate surface area is 170 Å². The number of rotatable bonds is 3. The van der Waals surface area contributed by atoms with Crippen LogP contribution in [0.4, 0.5) is 13.2 Å². The van der Waals surface area contributed by atoms with Crippen LogP contribution in [0.5, 0.6) is 11.5 Å². The second kappa shape index (κ2) is 7.06. The molecule has 7 nitrogen and oxygen atoms in total. The highest BCUT2D eigenvalue weighted by Gasteiger charge is 2.31. The fourth-order valence-corrected chi connectivity index (χ4v) is 3.74. The summed E-state index contributed by atoms with van der Waals surface area (Å²) >= 11 is 1.14. The molecule has 2 aromatic heterocycles. The fraction of sp³-hybridized carbons (Fsp3) is 0.0526. The number of aromatic hydroxyl groups is 1. The number of nitrogens with zero attached hydrogens (tertiary/aromatic N) is 4. The fourth-order valence-electron chi connectivity index (χ4n) is 2.75. The second-order valence-electron chi connectivity index (χ2n) is 5.96. The van der Waals surface area contributed by atoms with E-state index in [0.29, 0.717) is 20.8 Å². The summed E-state index contributed by atoms with van der Waals surface area (Å²) in [5.41, 5.74) is 1.19. The quantitative estimate of drug-likeness (QED) is 0.489. The molecular weight excluding hydrogens is 419 g/mol. The van der Waals surface area contributed by atoms with E-state index in [4.69, 9.17) is 10.5 Å². The topological polar surface area (TPSA) is 119 Å². The van der Waals surface area contributed by atoms with Crippen LogP contribution >= 0.6 is 11.3 Å². The van der Waals surface area contributed by atoms with Crippen molar-refractivity contribution in [2.75, 3.05) is 0 Å². The summed E-state index contributed by atoms with van der Waals surface area (Å²) in [7, 11) is 0. The molecule has 0 atom stereocenters. The van der Waals surface area contributed by atoms with Crippen LogP contribution in [0.1, 0.15) is 11.4 Å². The molecule has 4 aromatic rings. The Balaban J connectivity index is 1.69. The zero-order valence-electron chi connectivity index (χ0n) is 14.7. The van der Waals surface area contributed by atoms with Gasteiger partial charge in [-0.3, -0.25) is 0 Å². The molecule has 2 aromatic carbocycles. The predicted octanol–water partition coefficient (Wildman–Crippen LogP) is 4.70. The minimum Gasteiger partial charge on any atom is -0.507 e. The van der Waals surface area contributed by atoms with Crippen LogP contribution in [0.3, 0.4) is 0 Å². The molecule has 0 spiro atoms. The van der Waals surface area contributed by atoms with Crippen molar-refractivity contribution in [3.63, 3.8) is 0 Å². The summed E-state index contributed by atoms with van der Waals surface area (Å²) in [6, 6.07) is 12.0. The van der Waals surface area contributed by atoms with Gasteiger partial charge < -0.3 is 14.8 Å². The molecule has 0 amide bonds. The number of ether oxygens (including phenoxy) is 1. The Morgan fingerprint density at radius 2 is 1.87 bits per heavy atom. The summed E-state index contributed by atoms with van der Waals surface area (Å²) in [6.07, 6.45) is -4.79. The van der Waals surface area contributed by atoms with Crippen molar-refractivity contribution in [2.45, 2.75) is 6.36 Å². The number of nitriles is 2. The highest BCUT2D eigenvalue weighted by atomic mass is 32.1. The minimum atomic E-state index is -4.79. The number of aromatic amines is 1. The molecule has 2 N–H and O–H groups in total. The Bertz CT molecular complexity index is 1330. The summed E-state index contributed by atoms with van der Waals surface area (Å²) in [5.74, 6) is -0.358. The van der Waals surface area contributed by atoms with Crippen LogP contribution < -0.4 is 4.74 Å². The monoisotopic (exact) mass is 427 g/mol. The molecule has 0 saturated carbocycles. The number of imidazole rings is 1. The first-order valence-electron chi connectivity index (χ1n) is 8.17. The lowest BCUT2D eigenvalue weighted by molar-refractivity contribution is -0.274. The summed E-state index contributed by atoms with van der Waals surface area (Å²) in [4.78, 5) is 11.0. The largest absolute Gasteiger partial charge is 0.573 e. The highest BCUT2D eigenvalue weighted by molar-refractivity contribution is 7.21. The van der Waals surface area contributed by atoms with E-state index in [1.807, 2.05) is 6.07 Å². The second-order valence-corrected chi connectivity index (χ2v) is 6.99. The van der Waals surface area contributed by atoms with E-state index in [1.165, 1.54) is 30.3 Å². The molecule has 148 valence electrons. The number of halogens is 3. The molecule has 0 saturated heterocycles. The van der Waals surface area contributed by atoms with Crippen molar-refractivity contribution >= 4 is 21.6 Å². The van der Waals surface area contributed by atoms with E-state index in [9.17, 15) is 18.3 Å². The first-order valence-corrected chi connectivity index (χ1v) is 8.99. The van der Waals surface area contributed by atoms with Gasteiger partial charge in [0.05, 0.1) is 15.8 Å². The average molecular weight is 427 g/mol. The number of hydrogen-bond donors (Lipinski definition) is 2. The van der Waals surface area contributed by atoms with Gasteiger partial charge in [-0.2, -0.15) is 10.5 Å². The lowest BCUT2D eigenvalue weighted by atomic mass is 10.1. The van der Waals surface area contributed by atoms with E-state index in [0.717, 1.165) is 11.3 Å². The van der Waals surface area contributed by atoms with Crippen molar-refractivity contribution in [2.24, 2.45) is 0 Å². The van der Waals surface area contributed by atoms with Crippen molar-refractivity contribution in [1.29, 1.82) is 10.5 Å². The summed E-state index contributed by atoms with van der Waals surface area (Å²) in [6.45, 7) is 0. The predicted molar refractivity (Wildman–Crippen MR) is 100 cm³/mol. The molecule has 0 fully saturated rings. The van der Waals surface area contributed by atoms with Crippen molar-refractivity contribution in [3.8, 4) is 45.6 Å². The summed E-state index contributed by atoms with van der Waals surface area (Å²) in [5, 5.41) is 28.9. The number of nitrogens with one attached hydrogen (secondary N) is 1. The van der Waals surface area contributed by atoms with Crippen LogP contribution in [0, 0.1) is 22.7 Å². The molecule has 30 heavy (non-hydrogen) atoms. The zero-order chi connectivity index (χ0) is 21.5.